The van der Waals surface area contributed by atoms with E-state index < -0.39 is 0 Å². The van der Waals surface area contributed by atoms with Crippen LogP contribution in [0.3, 0.4) is 0 Å². The molecule has 1 aromatic carbocycles. The fourth-order valence-corrected chi connectivity index (χ4v) is 5.03. The minimum absolute atomic E-state index is 0.174. The van der Waals surface area contributed by atoms with Gasteiger partial charge in [0.05, 0.1) is 12.2 Å². The minimum atomic E-state index is -0.340. The summed E-state index contributed by atoms with van der Waals surface area (Å²) < 4.78 is 5.25. The number of carbonyl (C=O) groups excluding carboxylic acids is 2. The standard InChI is InChI=1S/C21H24N2O3S2/c1-4-26-20(25)17-15-7-5-6-8-16(15)28-19(17)23-21(27)22-18(24)14-10-12(2)9-13(3)11-14/h9-11H,4-8H2,1-3H3,(H2,22,23,24,27). The number of benzene rings is 1. The van der Waals surface area contributed by atoms with E-state index in [1.807, 2.05) is 32.0 Å². The van der Waals surface area contributed by atoms with Crippen LogP contribution >= 0.6 is 23.6 Å². The van der Waals surface area contributed by atoms with Crippen molar-refractivity contribution in [3.05, 3.63) is 50.9 Å². The molecule has 148 valence electrons. The van der Waals surface area contributed by atoms with E-state index in [9.17, 15) is 9.59 Å². The van der Waals surface area contributed by atoms with Crippen molar-refractivity contribution in [2.24, 2.45) is 0 Å². The lowest BCUT2D eigenvalue weighted by Gasteiger charge is -2.13. The molecule has 5 nitrogen and oxygen atoms in total. The zero-order valence-corrected chi connectivity index (χ0v) is 17.9. The highest BCUT2D eigenvalue weighted by atomic mass is 32.1. The first-order valence-corrected chi connectivity index (χ1v) is 10.6. The molecule has 28 heavy (non-hydrogen) atoms. The number of anilines is 1. The van der Waals surface area contributed by atoms with Gasteiger partial charge in [-0.25, -0.2) is 4.79 Å². The number of ether oxygens (including phenoxy) is 1. The third-order valence-electron chi connectivity index (χ3n) is 4.59. The number of aryl methyl sites for hydroxylation is 3. The first-order chi connectivity index (χ1) is 13.4. The van der Waals surface area contributed by atoms with Crippen molar-refractivity contribution in [3.8, 4) is 0 Å². The molecule has 1 aliphatic rings. The molecule has 0 bridgehead atoms. The third-order valence-corrected chi connectivity index (χ3v) is 6.00. The molecule has 0 saturated heterocycles. The second-order valence-corrected chi connectivity index (χ2v) is 8.43. The van der Waals surface area contributed by atoms with E-state index in [1.54, 1.807) is 6.92 Å². The van der Waals surface area contributed by atoms with E-state index in [4.69, 9.17) is 17.0 Å². The average molecular weight is 417 g/mol. The summed E-state index contributed by atoms with van der Waals surface area (Å²) in [7, 11) is 0. The van der Waals surface area contributed by atoms with Crippen LogP contribution in [0.4, 0.5) is 5.00 Å². The predicted molar refractivity (Wildman–Crippen MR) is 117 cm³/mol. The largest absolute Gasteiger partial charge is 0.462 e. The van der Waals surface area contributed by atoms with E-state index in [0.29, 0.717) is 22.7 Å². The van der Waals surface area contributed by atoms with Gasteiger partial charge in [0, 0.05) is 10.4 Å². The molecule has 2 N–H and O–H groups in total. The molecular weight excluding hydrogens is 392 g/mol. The summed E-state index contributed by atoms with van der Waals surface area (Å²) in [6.45, 7) is 6.00. The minimum Gasteiger partial charge on any atom is -0.462 e. The monoisotopic (exact) mass is 416 g/mol. The Hall–Kier alpha value is -2.25. The van der Waals surface area contributed by atoms with Crippen molar-refractivity contribution in [2.45, 2.75) is 46.5 Å². The number of thiophene rings is 1. The number of nitrogens with one attached hydrogen (secondary N) is 2. The molecule has 0 aliphatic heterocycles. The Kier molecular flexibility index (Phi) is 6.46. The van der Waals surface area contributed by atoms with E-state index in [2.05, 4.69) is 10.6 Å². The Morgan fingerprint density at radius 2 is 1.82 bits per heavy atom. The predicted octanol–water partition coefficient (Wildman–Crippen LogP) is 4.55. The van der Waals surface area contributed by atoms with Crippen LogP contribution in [0.5, 0.6) is 0 Å². The number of hydrogen-bond acceptors (Lipinski definition) is 5. The molecule has 1 aromatic heterocycles. The van der Waals surface area contributed by atoms with E-state index >= 15 is 0 Å². The van der Waals surface area contributed by atoms with Gasteiger partial charge in [-0.1, -0.05) is 17.2 Å². The number of hydrogen-bond donors (Lipinski definition) is 2. The van der Waals surface area contributed by atoms with Crippen molar-refractivity contribution >= 4 is 45.5 Å². The van der Waals surface area contributed by atoms with E-state index in [0.717, 1.165) is 42.4 Å². The summed E-state index contributed by atoms with van der Waals surface area (Å²) >= 11 is 6.86. The fraction of sp³-hybridized carbons (Fsp3) is 0.381. The summed E-state index contributed by atoms with van der Waals surface area (Å²) in [4.78, 5) is 26.2. The average Bonchev–Trinajstić information content (AvgIpc) is 2.98. The topological polar surface area (TPSA) is 67.4 Å². The van der Waals surface area contributed by atoms with Gasteiger partial charge in [-0.3, -0.25) is 10.1 Å². The lowest BCUT2D eigenvalue weighted by molar-refractivity contribution is 0.0526. The number of thiocarbonyl (C=S) groups is 1. The molecule has 0 atom stereocenters. The second-order valence-electron chi connectivity index (χ2n) is 6.92. The lowest BCUT2D eigenvalue weighted by atomic mass is 9.95. The number of amides is 1. The molecule has 0 radical (unpaired) electrons. The van der Waals surface area contributed by atoms with Crippen LogP contribution in [-0.2, 0) is 17.6 Å². The maximum atomic E-state index is 12.5. The Labute approximate surface area is 174 Å². The number of rotatable bonds is 4. The van der Waals surface area contributed by atoms with Gasteiger partial charge in [0.2, 0.25) is 0 Å². The molecule has 3 rings (SSSR count). The van der Waals surface area contributed by atoms with Crippen molar-refractivity contribution in [1.82, 2.24) is 5.32 Å². The van der Waals surface area contributed by atoms with Crippen LogP contribution in [0.2, 0.25) is 0 Å². The van der Waals surface area contributed by atoms with Crippen LogP contribution < -0.4 is 10.6 Å². The highest BCUT2D eigenvalue weighted by Gasteiger charge is 2.27. The van der Waals surface area contributed by atoms with Gasteiger partial charge in [-0.05, 0) is 76.4 Å². The maximum Gasteiger partial charge on any atom is 0.341 e. The number of carbonyl (C=O) groups is 2. The van der Waals surface area contributed by atoms with Gasteiger partial charge < -0.3 is 10.1 Å². The third kappa shape index (κ3) is 4.59. The molecule has 7 heteroatoms. The van der Waals surface area contributed by atoms with Crippen molar-refractivity contribution in [1.29, 1.82) is 0 Å². The summed E-state index contributed by atoms with van der Waals surface area (Å²) in [5, 5.41) is 6.59. The van der Waals surface area contributed by atoms with E-state index in [-0.39, 0.29) is 17.0 Å². The summed E-state index contributed by atoms with van der Waals surface area (Å²) in [5.74, 6) is -0.615. The highest BCUT2D eigenvalue weighted by Crippen LogP contribution is 2.38. The lowest BCUT2D eigenvalue weighted by Crippen LogP contribution is -2.34. The zero-order valence-electron chi connectivity index (χ0n) is 16.3. The SMILES string of the molecule is CCOC(=O)c1c(NC(=S)NC(=O)c2cc(C)cc(C)c2)sc2c1CCCC2. The Morgan fingerprint density at radius 1 is 1.14 bits per heavy atom. The molecule has 1 amide bonds. The summed E-state index contributed by atoms with van der Waals surface area (Å²) in [6.07, 6.45) is 3.99. The summed E-state index contributed by atoms with van der Waals surface area (Å²) in [5.41, 5.74) is 4.20. The van der Waals surface area contributed by atoms with Crippen molar-refractivity contribution in [3.63, 3.8) is 0 Å². The molecule has 0 fully saturated rings. The molecule has 2 aromatic rings. The van der Waals surface area contributed by atoms with Crippen LogP contribution in [0.1, 0.15) is 62.0 Å². The molecule has 1 heterocycles. The Balaban J connectivity index is 1.79. The maximum absolute atomic E-state index is 12.5. The van der Waals surface area contributed by atoms with Gasteiger partial charge in [0.15, 0.2) is 5.11 Å². The molecular formula is C21H24N2O3S2. The molecule has 0 saturated carbocycles. The Bertz CT molecular complexity index is 914. The first-order valence-electron chi connectivity index (χ1n) is 9.41. The molecule has 1 aliphatic carbocycles. The number of esters is 1. The zero-order chi connectivity index (χ0) is 20.3. The van der Waals surface area contributed by atoms with E-state index in [1.165, 1.54) is 16.2 Å². The quantitative estimate of drug-likeness (QED) is 0.565. The van der Waals surface area contributed by atoms with Crippen molar-refractivity contribution < 1.29 is 14.3 Å². The van der Waals surface area contributed by atoms with Crippen LogP contribution in [-0.4, -0.2) is 23.6 Å². The highest BCUT2D eigenvalue weighted by molar-refractivity contribution is 7.80. The van der Waals surface area contributed by atoms with Gasteiger partial charge in [-0.2, -0.15) is 0 Å². The van der Waals surface area contributed by atoms with Gasteiger partial charge >= 0.3 is 5.97 Å². The van der Waals surface area contributed by atoms with Crippen molar-refractivity contribution in [2.75, 3.05) is 11.9 Å². The normalized spacial score (nSPS) is 12.8. The summed E-state index contributed by atoms with van der Waals surface area (Å²) in [6, 6.07) is 5.65. The van der Waals surface area contributed by atoms with Crippen LogP contribution in [0.25, 0.3) is 0 Å². The molecule has 0 unspecified atom stereocenters. The fourth-order valence-electron chi connectivity index (χ4n) is 3.49. The van der Waals surface area contributed by atoms with Crippen LogP contribution in [0.15, 0.2) is 18.2 Å². The Morgan fingerprint density at radius 3 is 2.50 bits per heavy atom. The smallest absolute Gasteiger partial charge is 0.341 e. The molecule has 0 spiro atoms. The van der Waals surface area contributed by atoms with Gasteiger partial charge in [0.25, 0.3) is 5.91 Å². The number of fused-ring (bicyclic) bond motifs is 1. The first kappa shape index (κ1) is 20.5. The van der Waals surface area contributed by atoms with Gasteiger partial charge in [0.1, 0.15) is 5.00 Å². The van der Waals surface area contributed by atoms with Gasteiger partial charge in [-0.15, -0.1) is 11.3 Å². The van der Waals surface area contributed by atoms with Crippen LogP contribution in [0, 0.1) is 13.8 Å². The second kappa shape index (κ2) is 8.84.